The van der Waals surface area contributed by atoms with Crippen molar-refractivity contribution in [2.75, 3.05) is 6.61 Å². The first-order valence-electron chi connectivity index (χ1n) is 5.54. The number of carbonyl (C=O) groups is 2. The highest BCUT2D eigenvalue weighted by molar-refractivity contribution is 5.83. The average molecular weight is 246 g/mol. The fourth-order valence-electron chi connectivity index (χ4n) is 1.54. The Morgan fingerprint density at radius 1 is 1.35 bits per heavy atom. The molecule has 6 nitrogen and oxygen atoms in total. The highest BCUT2D eigenvalue weighted by Gasteiger charge is 2.22. The molecule has 0 aromatic carbocycles. The van der Waals surface area contributed by atoms with Gasteiger partial charge in [0.25, 0.3) is 0 Å². The van der Waals surface area contributed by atoms with Gasteiger partial charge in [0, 0.05) is 12.5 Å². The Bertz CT molecular complexity index is 273. The molecule has 100 valence electrons. The molecule has 0 aromatic heterocycles. The van der Waals surface area contributed by atoms with Crippen LogP contribution in [0.2, 0.25) is 0 Å². The van der Waals surface area contributed by atoms with Gasteiger partial charge in [-0.25, -0.2) is 4.79 Å². The number of hydrogen-bond donors (Lipinski definition) is 4. The van der Waals surface area contributed by atoms with E-state index in [0.29, 0.717) is 6.42 Å². The van der Waals surface area contributed by atoms with Crippen molar-refractivity contribution in [3.8, 4) is 0 Å². The van der Waals surface area contributed by atoms with Crippen LogP contribution in [0.15, 0.2) is 0 Å². The largest absolute Gasteiger partial charge is 0.480 e. The van der Waals surface area contributed by atoms with Gasteiger partial charge in [-0.1, -0.05) is 20.8 Å². The Morgan fingerprint density at radius 2 is 1.88 bits per heavy atom. The van der Waals surface area contributed by atoms with Crippen molar-refractivity contribution in [3.05, 3.63) is 0 Å². The van der Waals surface area contributed by atoms with E-state index in [-0.39, 0.29) is 17.9 Å². The predicted octanol–water partition coefficient (Wildman–Crippen LogP) is -0.298. The Labute approximate surface area is 101 Å². The summed E-state index contributed by atoms with van der Waals surface area (Å²) >= 11 is 0. The fraction of sp³-hybridized carbons (Fsp3) is 0.818. The van der Waals surface area contributed by atoms with Crippen LogP contribution in [0.25, 0.3) is 0 Å². The van der Waals surface area contributed by atoms with E-state index in [1.807, 2.05) is 20.8 Å². The summed E-state index contributed by atoms with van der Waals surface area (Å²) < 4.78 is 0. The number of amides is 1. The van der Waals surface area contributed by atoms with Crippen LogP contribution in [-0.2, 0) is 9.59 Å². The Hall–Kier alpha value is -1.14. The molecule has 0 spiro atoms. The lowest BCUT2D eigenvalue weighted by Crippen LogP contribution is -2.45. The van der Waals surface area contributed by atoms with Crippen molar-refractivity contribution in [1.82, 2.24) is 5.32 Å². The number of nitrogens with two attached hydrogens (primary N) is 1. The maximum atomic E-state index is 11.4. The van der Waals surface area contributed by atoms with Crippen molar-refractivity contribution in [1.29, 1.82) is 0 Å². The number of hydrogen-bond acceptors (Lipinski definition) is 4. The van der Waals surface area contributed by atoms with Crippen LogP contribution < -0.4 is 11.1 Å². The molecule has 0 aliphatic rings. The molecule has 0 aliphatic carbocycles. The van der Waals surface area contributed by atoms with Gasteiger partial charge in [-0.15, -0.1) is 0 Å². The molecule has 5 N–H and O–H groups in total. The van der Waals surface area contributed by atoms with Gasteiger partial charge in [0.1, 0.15) is 6.04 Å². The summed E-state index contributed by atoms with van der Waals surface area (Å²) in [6.45, 7) is 5.41. The zero-order valence-electron chi connectivity index (χ0n) is 10.6. The molecule has 2 atom stereocenters. The summed E-state index contributed by atoms with van der Waals surface area (Å²) in [6.07, 6.45) is 0.721. The average Bonchev–Trinajstić information content (AvgIpc) is 2.09. The highest BCUT2D eigenvalue weighted by Crippen LogP contribution is 2.20. The number of carbonyl (C=O) groups excluding carboxylic acids is 1. The summed E-state index contributed by atoms with van der Waals surface area (Å²) in [5, 5.41) is 19.6. The second-order valence-electron chi connectivity index (χ2n) is 5.37. The van der Waals surface area contributed by atoms with Crippen molar-refractivity contribution < 1.29 is 19.8 Å². The van der Waals surface area contributed by atoms with Gasteiger partial charge in [0.2, 0.25) is 5.91 Å². The SMILES string of the molecule is CC(C)(C)CC(N)CC(=O)N[C@H](CO)C(=O)O. The quantitative estimate of drug-likeness (QED) is 0.514. The molecule has 0 saturated carbocycles. The minimum Gasteiger partial charge on any atom is -0.480 e. The smallest absolute Gasteiger partial charge is 0.328 e. The topological polar surface area (TPSA) is 113 Å². The third-order valence-corrected chi connectivity index (χ3v) is 2.14. The second-order valence-corrected chi connectivity index (χ2v) is 5.37. The number of carboxylic acids is 1. The fourth-order valence-corrected chi connectivity index (χ4v) is 1.54. The molecule has 17 heavy (non-hydrogen) atoms. The van der Waals surface area contributed by atoms with Crippen molar-refractivity contribution in [2.45, 2.75) is 45.7 Å². The van der Waals surface area contributed by atoms with E-state index in [1.165, 1.54) is 0 Å². The standard InChI is InChI=1S/C11H22N2O4/c1-11(2,3)5-7(12)4-9(15)13-8(6-14)10(16)17/h7-8,14H,4-6,12H2,1-3H3,(H,13,15)(H,16,17)/t7?,8-/m1/s1. The Kier molecular flexibility index (Phi) is 6.12. The van der Waals surface area contributed by atoms with Crippen LogP contribution in [0.1, 0.15) is 33.6 Å². The van der Waals surface area contributed by atoms with Gasteiger partial charge in [0.05, 0.1) is 6.61 Å². The summed E-state index contributed by atoms with van der Waals surface area (Å²) in [7, 11) is 0. The van der Waals surface area contributed by atoms with Crippen LogP contribution in [-0.4, -0.2) is 40.8 Å². The van der Waals surface area contributed by atoms with Crippen molar-refractivity contribution in [3.63, 3.8) is 0 Å². The summed E-state index contributed by atoms with van der Waals surface area (Å²) in [5.41, 5.74) is 5.80. The minimum atomic E-state index is -1.26. The van der Waals surface area contributed by atoms with Gasteiger partial charge >= 0.3 is 5.97 Å². The summed E-state index contributed by atoms with van der Waals surface area (Å²) in [4.78, 5) is 22.0. The maximum absolute atomic E-state index is 11.4. The second kappa shape index (κ2) is 6.56. The number of aliphatic carboxylic acids is 1. The van der Waals surface area contributed by atoms with E-state index >= 15 is 0 Å². The molecule has 0 bridgehead atoms. The molecule has 0 fully saturated rings. The lowest BCUT2D eigenvalue weighted by atomic mass is 9.87. The van der Waals surface area contributed by atoms with Crippen LogP contribution in [0.5, 0.6) is 0 Å². The van der Waals surface area contributed by atoms with Crippen LogP contribution in [0.3, 0.4) is 0 Å². The molecule has 0 rings (SSSR count). The summed E-state index contributed by atoms with van der Waals surface area (Å²) in [5.74, 6) is -1.71. The maximum Gasteiger partial charge on any atom is 0.328 e. The van der Waals surface area contributed by atoms with Crippen LogP contribution >= 0.6 is 0 Å². The highest BCUT2D eigenvalue weighted by atomic mass is 16.4. The third-order valence-electron chi connectivity index (χ3n) is 2.14. The molecule has 1 amide bonds. The molecular weight excluding hydrogens is 224 g/mol. The van der Waals surface area contributed by atoms with Gasteiger partial charge in [-0.3, -0.25) is 4.79 Å². The number of nitrogens with one attached hydrogen (secondary N) is 1. The zero-order valence-corrected chi connectivity index (χ0v) is 10.6. The van der Waals surface area contributed by atoms with E-state index < -0.39 is 24.5 Å². The van der Waals surface area contributed by atoms with Gasteiger partial charge in [0.15, 0.2) is 0 Å². The van der Waals surface area contributed by atoms with Crippen LogP contribution in [0.4, 0.5) is 0 Å². The molecule has 1 unspecified atom stereocenters. The minimum absolute atomic E-state index is 0.0167. The van der Waals surface area contributed by atoms with Gasteiger partial charge < -0.3 is 21.3 Å². The number of aliphatic hydroxyl groups is 1. The number of rotatable bonds is 6. The Balaban J connectivity index is 4.13. The first-order chi connectivity index (χ1) is 7.65. The van der Waals surface area contributed by atoms with E-state index in [9.17, 15) is 9.59 Å². The normalized spacial score (nSPS) is 15.1. The van der Waals surface area contributed by atoms with E-state index in [2.05, 4.69) is 5.32 Å². The molecule has 6 heteroatoms. The van der Waals surface area contributed by atoms with Crippen LogP contribution in [0, 0.1) is 5.41 Å². The van der Waals surface area contributed by atoms with Crippen molar-refractivity contribution in [2.24, 2.45) is 11.1 Å². The lowest BCUT2D eigenvalue weighted by molar-refractivity contribution is -0.143. The zero-order chi connectivity index (χ0) is 13.6. The van der Waals surface area contributed by atoms with E-state index in [1.54, 1.807) is 0 Å². The van der Waals surface area contributed by atoms with Crippen molar-refractivity contribution >= 4 is 11.9 Å². The molecule has 0 radical (unpaired) electrons. The molecule has 0 heterocycles. The molecular formula is C11H22N2O4. The first-order valence-corrected chi connectivity index (χ1v) is 5.54. The third kappa shape index (κ3) is 7.70. The number of carboxylic acid groups (broad SMARTS) is 1. The summed E-state index contributed by atoms with van der Waals surface area (Å²) in [6, 6.07) is -1.58. The van der Waals surface area contributed by atoms with Gasteiger partial charge in [-0.05, 0) is 11.8 Å². The first kappa shape index (κ1) is 15.9. The van der Waals surface area contributed by atoms with E-state index in [0.717, 1.165) is 0 Å². The molecule has 0 aromatic rings. The van der Waals surface area contributed by atoms with E-state index in [4.69, 9.17) is 15.9 Å². The number of aliphatic hydroxyl groups excluding tert-OH is 1. The van der Waals surface area contributed by atoms with Gasteiger partial charge in [-0.2, -0.15) is 0 Å². The predicted molar refractivity (Wildman–Crippen MR) is 63.3 cm³/mol. The lowest BCUT2D eigenvalue weighted by Gasteiger charge is -2.23. The molecule has 0 saturated heterocycles. The monoisotopic (exact) mass is 246 g/mol. The Morgan fingerprint density at radius 3 is 2.24 bits per heavy atom. The molecule has 0 aliphatic heterocycles.